The summed E-state index contributed by atoms with van der Waals surface area (Å²) in [6, 6.07) is 0. The van der Waals surface area contributed by atoms with E-state index in [-0.39, 0.29) is 0 Å². The first-order valence-corrected chi connectivity index (χ1v) is 6.93. The summed E-state index contributed by atoms with van der Waals surface area (Å²) in [5.74, 6) is 0.974. The Morgan fingerprint density at radius 2 is 2.06 bits per heavy atom. The molecule has 0 spiro atoms. The van der Waals surface area contributed by atoms with Crippen LogP contribution in [0.2, 0.25) is 0 Å². The van der Waals surface area contributed by atoms with Crippen molar-refractivity contribution in [2.75, 3.05) is 7.05 Å². The first kappa shape index (κ1) is 13.6. The van der Waals surface area contributed by atoms with Gasteiger partial charge in [-0.25, -0.2) is 0 Å². The molecule has 0 saturated heterocycles. The van der Waals surface area contributed by atoms with Crippen molar-refractivity contribution in [3.8, 4) is 0 Å². The molecule has 2 atom stereocenters. The van der Waals surface area contributed by atoms with E-state index in [0.717, 1.165) is 12.3 Å². The van der Waals surface area contributed by atoms with E-state index in [1.54, 1.807) is 5.57 Å². The standard InChI is InChI=1S/C15H29N/c1-6-14(16-5)12(3)8-9-13-10-11-15(13,4)7-2/h13,16H,6-11H2,1-5H3/b14-12+. The summed E-state index contributed by atoms with van der Waals surface area (Å²) in [5.41, 5.74) is 3.67. The lowest BCUT2D eigenvalue weighted by Crippen LogP contribution is -2.36. The Labute approximate surface area is 102 Å². The van der Waals surface area contributed by atoms with Crippen LogP contribution in [0.4, 0.5) is 0 Å². The summed E-state index contributed by atoms with van der Waals surface area (Å²) in [4.78, 5) is 0. The Morgan fingerprint density at radius 3 is 2.44 bits per heavy atom. The van der Waals surface area contributed by atoms with Gasteiger partial charge >= 0.3 is 0 Å². The molecular formula is C15H29N. The van der Waals surface area contributed by atoms with Crippen molar-refractivity contribution in [3.05, 3.63) is 11.3 Å². The quantitative estimate of drug-likeness (QED) is 0.699. The molecule has 16 heavy (non-hydrogen) atoms. The Balaban J connectivity index is 2.43. The van der Waals surface area contributed by atoms with Gasteiger partial charge in [-0.1, -0.05) is 32.8 Å². The van der Waals surface area contributed by atoms with Crippen LogP contribution >= 0.6 is 0 Å². The molecular weight excluding hydrogens is 194 g/mol. The van der Waals surface area contributed by atoms with Crippen LogP contribution < -0.4 is 5.32 Å². The van der Waals surface area contributed by atoms with Gasteiger partial charge in [0, 0.05) is 12.7 Å². The number of hydrogen-bond acceptors (Lipinski definition) is 1. The third-order valence-corrected chi connectivity index (χ3v) is 4.90. The molecule has 1 heteroatoms. The zero-order valence-electron chi connectivity index (χ0n) is 11.8. The molecule has 0 aromatic carbocycles. The molecule has 1 rings (SSSR count). The largest absolute Gasteiger partial charge is 0.391 e. The second kappa shape index (κ2) is 5.75. The predicted octanol–water partition coefficient (Wildman–Crippen LogP) is 4.50. The summed E-state index contributed by atoms with van der Waals surface area (Å²) in [5, 5.41) is 3.33. The van der Waals surface area contributed by atoms with E-state index in [2.05, 4.69) is 33.0 Å². The highest BCUT2D eigenvalue weighted by Crippen LogP contribution is 2.51. The van der Waals surface area contributed by atoms with Gasteiger partial charge in [-0.15, -0.1) is 0 Å². The van der Waals surface area contributed by atoms with Crippen LogP contribution in [0.15, 0.2) is 11.3 Å². The van der Waals surface area contributed by atoms with Gasteiger partial charge in [0.25, 0.3) is 0 Å². The average molecular weight is 223 g/mol. The smallest absolute Gasteiger partial charge is 0.00903 e. The minimum atomic E-state index is 0.659. The minimum absolute atomic E-state index is 0.659. The molecule has 0 aromatic heterocycles. The monoisotopic (exact) mass is 223 g/mol. The summed E-state index contributed by atoms with van der Waals surface area (Å²) >= 11 is 0. The maximum atomic E-state index is 3.33. The van der Waals surface area contributed by atoms with Crippen molar-refractivity contribution in [2.45, 2.75) is 66.2 Å². The van der Waals surface area contributed by atoms with E-state index in [4.69, 9.17) is 0 Å². The van der Waals surface area contributed by atoms with Crippen molar-refractivity contribution in [1.82, 2.24) is 5.32 Å². The summed E-state index contributed by atoms with van der Waals surface area (Å²) in [6.45, 7) is 9.34. The first-order chi connectivity index (χ1) is 7.57. The van der Waals surface area contributed by atoms with Crippen LogP contribution in [-0.4, -0.2) is 7.05 Å². The second-order valence-electron chi connectivity index (χ2n) is 5.64. The third-order valence-electron chi connectivity index (χ3n) is 4.90. The molecule has 0 aromatic rings. The average Bonchev–Trinajstić information content (AvgIpc) is 2.28. The molecule has 2 unspecified atom stereocenters. The molecule has 1 aliphatic rings. The second-order valence-corrected chi connectivity index (χ2v) is 5.64. The molecule has 1 nitrogen and oxygen atoms in total. The van der Waals surface area contributed by atoms with Crippen molar-refractivity contribution in [1.29, 1.82) is 0 Å². The lowest BCUT2D eigenvalue weighted by Gasteiger charge is -2.47. The van der Waals surface area contributed by atoms with Crippen molar-refractivity contribution >= 4 is 0 Å². The van der Waals surface area contributed by atoms with Crippen LogP contribution in [0.25, 0.3) is 0 Å². The van der Waals surface area contributed by atoms with E-state index in [1.165, 1.54) is 37.8 Å². The van der Waals surface area contributed by atoms with Crippen LogP contribution in [0.3, 0.4) is 0 Å². The highest BCUT2D eigenvalue weighted by Gasteiger charge is 2.40. The predicted molar refractivity (Wildman–Crippen MR) is 72.4 cm³/mol. The van der Waals surface area contributed by atoms with Crippen LogP contribution in [0, 0.1) is 11.3 Å². The number of allylic oxidation sites excluding steroid dienone is 2. The van der Waals surface area contributed by atoms with Crippen molar-refractivity contribution < 1.29 is 0 Å². The SMILES string of the molecule is CC/C(NC)=C(/C)CCC1CCC1(C)CC. The number of hydrogen-bond donors (Lipinski definition) is 1. The Hall–Kier alpha value is -0.460. The van der Waals surface area contributed by atoms with Crippen LogP contribution in [-0.2, 0) is 0 Å². The molecule has 0 aliphatic heterocycles. The van der Waals surface area contributed by atoms with E-state index in [9.17, 15) is 0 Å². The topological polar surface area (TPSA) is 12.0 Å². The van der Waals surface area contributed by atoms with E-state index >= 15 is 0 Å². The van der Waals surface area contributed by atoms with Gasteiger partial charge in [0.1, 0.15) is 0 Å². The highest BCUT2D eigenvalue weighted by atomic mass is 14.8. The molecule has 94 valence electrons. The zero-order chi connectivity index (χ0) is 12.2. The van der Waals surface area contributed by atoms with Gasteiger partial charge in [-0.05, 0) is 50.4 Å². The number of rotatable bonds is 6. The summed E-state index contributed by atoms with van der Waals surface area (Å²) in [6.07, 6.45) is 8.07. The highest BCUT2D eigenvalue weighted by molar-refractivity contribution is 5.10. The number of nitrogens with one attached hydrogen (secondary N) is 1. The maximum absolute atomic E-state index is 3.33. The van der Waals surface area contributed by atoms with Gasteiger partial charge < -0.3 is 5.32 Å². The lowest BCUT2D eigenvalue weighted by atomic mass is 9.58. The Bertz CT molecular complexity index is 244. The molecule has 1 aliphatic carbocycles. The third kappa shape index (κ3) is 2.81. The molecule has 0 radical (unpaired) electrons. The fourth-order valence-corrected chi connectivity index (χ4v) is 3.03. The van der Waals surface area contributed by atoms with Crippen LogP contribution in [0.1, 0.15) is 66.2 Å². The molecule has 1 fully saturated rings. The van der Waals surface area contributed by atoms with E-state index in [0.29, 0.717) is 5.41 Å². The van der Waals surface area contributed by atoms with E-state index in [1.807, 2.05) is 7.05 Å². The molecule has 0 heterocycles. The van der Waals surface area contributed by atoms with Crippen LogP contribution in [0.5, 0.6) is 0 Å². The maximum Gasteiger partial charge on any atom is 0.00903 e. The van der Waals surface area contributed by atoms with E-state index < -0.39 is 0 Å². The van der Waals surface area contributed by atoms with Gasteiger partial charge in [0.05, 0.1) is 0 Å². The molecule has 1 saturated carbocycles. The molecule has 1 N–H and O–H groups in total. The fourth-order valence-electron chi connectivity index (χ4n) is 3.03. The Kier molecular flexibility index (Phi) is 4.89. The van der Waals surface area contributed by atoms with Gasteiger partial charge in [0.15, 0.2) is 0 Å². The lowest BCUT2D eigenvalue weighted by molar-refractivity contribution is 0.0395. The molecule has 0 amide bonds. The minimum Gasteiger partial charge on any atom is -0.391 e. The van der Waals surface area contributed by atoms with Crippen molar-refractivity contribution in [3.63, 3.8) is 0 Å². The van der Waals surface area contributed by atoms with Gasteiger partial charge in [0.2, 0.25) is 0 Å². The van der Waals surface area contributed by atoms with Gasteiger partial charge in [-0.3, -0.25) is 0 Å². The normalized spacial score (nSPS) is 30.7. The fraction of sp³-hybridized carbons (Fsp3) is 0.867. The summed E-state index contributed by atoms with van der Waals surface area (Å²) < 4.78 is 0. The van der Waals surface area contributed by atoms with Crippen molar-refractivity contribution in [2.24, 2.45) is 11.3 Å². The van der Waals surface area contributed by atoms with Gasteiger partial charge in [-0.2, -0.15) is 0 Å². The Morgan fingerprint density at radius 1 is 1.38 bits per heavy atom. The first-order valence-electron chi connectivity index (χ1n) is 6.93. The molecule has 0 bridgehead atoms. The zero-order valence-corrected chi connectivity index (χ0v) is 11.8. The summed E-state index contributed by atoms with van der Waals surface area (Å²) in [7, 11) is 2.04.